The van der Waals surface area contributed by atoms with Crippen molar-refractivity contribution in [2.75, 3.05) is 13.6 Å². The molecule has 4 N–H and O–H groups in total. The maximum absolute atomic E-state index is 9.69. The lowest BCUT2D eigenvalue weighted by Gasteiger charge is -2.18. The molecule has 0 fully saturated rings. The van der Waals surface area contributed by atoms with E-state index < -0.39 is 12.2 Å². The van der Waals surface area contributed by atoms with E-state index in [1.807, 2.05) is 0 Å². The van der Waals surface area contributed by atoms with Crippen molar-refractivity contribution in [2.45, 2.75) is 12.2 Å². The molecule has 0 aromatic heterocycles. The van der Waals surface area contributed by atoms with Gasteiger partial charge in [0.1, 0.15) is 11.9 Å². The summed E-state index contributed by atoms with van der Waals surface area (Å²) in [4.78, 5) is 0. The van der Waals surface area contributed by atoms with Crippen LogP contribution in [0.4, 0.5) is 0 Å². The van der Waals surface area contributed by atoms with E-state index in [4.69, 9.17) is 11.6 Å². The van der Waals surface area contributed by atoms with Crippen molar-refractivity contribution in [1.82, 2.24) is 5.32 Å². The molecule has 1 aromatic carbocycles. The minimum Gasteiger partial charge on any atom is -0.506 e. The van der Waals surface area contributed by atoms with Crippen LogP contribution in [0.5, 0.6) is 5.75 Å². The van der Waals surface area contributed by atoms with Crippen LogP contribution in [0.2, 0.25) is 5.02 Å². The Hall–Kier alpha value is -0.810. The van der Waals surface area contributed by atoms with Crippen LogP contribution in [0.1, 0.15) is 11.7 Å². The molecule has 0 saturated carbocycles. The first kappa shape index (κ1) is 12.3. The highest BCUT2D eigenvalue weighted by molar-refractivity contribution is 6.32. The number of hydrogen-bond acceptors (Lipinski definition) is 4. The SMILES string of the molecule is CNCC(O)C(O)c1ccc(Cl)c(O)c1. The third-order valence-electron chi connectivity index (χ3n) is 2.09. The zero-order valence-electron chi connectivity index (χ0n) is 8.31. The fourth-order valence-electron chi connectivity index (χ4n) is 1.26. The van der Waals surface area contributed by atoms with E-state index >= 15 is 0 Å². The smallest absolute Gasteiger partial charge is 0.134 e. The van der Waals surface area contributed by atoms with Gasteiger partial charge in [0.2, 0.25) is 0 Å². The average Bonchev–Trinajstić information content (AvgIpc) is 2.21. The topological polar surface area (TPSA) is 72.7 Å². The molecule has 0 bridgehead atoms. The van der Waals surface area contributed by atoms with Crippen LogP contribution in [0, 0.1) is 0 Å². The Morgan fingerprint density at radius 3 is 2.60 bits per heavy atom. The van der Waals surface area contributed by atoms with Gasteiger partial charge in [0.05, 0.1) is 11.1 Å². The molecule has 1 rings (SSSR count). The molecule has 0 aliphatic heterocycles. The molecular formula is C10H14ClNO3. The summed E-state index contributed by atoms with van der Waals surface area (Å²) in [5.41, 5.74) is 0.430. The van der Waals surface area contributed by atoms with Crippen molar-refractivity contribution >= 4 is 11.6 Å². The Balaban J connectivity index is 2.81. The third kappa shape index (κ3) is 3.07. The molecule has 0 aliphatic rings. The number of phenols is 1. The molecular weight excluding hydrogens is 218 g/mol. The number of hydrogen-bond donors (Lipinski definition) is 4. The molecule has 0 heterocycles. The summed E-state index contributed by atoms with van der Waals surface area (Å²) < 4.78 is 0. The summed E-state index contributed by atoms with van der Waals surface area (Å²) in [5.74, 6) is -0.107. The van der Waals surface area contributed by atoms with Gasteiger partial charge in [-0.15, -0.1) is 0 Å². The summed E-state index contributed by atoms with van der Waals surface area (Å²) in [6.07, 6.45) is -1.96. The van der Waals surface area contributed by atoms with Gasteiger partial charge in [-0.25, -0.2) is 0 Å². The van der Waals surface area contributed by atoms with Gasteiger partial charge in [-0.2, -0.15) is 0 Å². The molecule has 0 amide bonds. The second-order valence-corrected chi connectivity index (χ2v) is 3.69. The molecule has 2 atom stereocenters. The van der Waals surface area contributed by atoms with Gasteiger partial charge in [-0.05, 0) is 24.7 Å². The fraction of sp³-hybridized carbons (Fsp3) is 0.400. The molecule has 84 valence electrons. The second kappa shape index (κ2) is 5.32. The zero-order valence-corrected chi connectivity index (χ0v) is 9.07. The number of aliphatic hydroxyl groups is 2. The van der Waals surface area contributed by atoms with E-state index in [0.717, 1.165) is 0 Å². The highest BCUT2D eigenvalue weighted by Gasteiger charge is 2.18. The van der Waals surface area contributed by atoms with Crippen LogP contribution >= 0.6 is 11.6 Å². The van der Waals surface area contributed by atoms with Crippen molar-refractivity contribution in [1.29, 1.82) is 0 Å². The summed E-state index contributed by atoms with van der Waals surface area (Å²) in [6.45, 7) is 0.268. The average molecular weight is 232 g/mol. The van der Waals surface area contributed by atoms with Gasteiger partial charge in [0, 0.05) is 6.54 Å². The van der Waals surface area contributed by atoms with Crippen LogP contribution < -0.4 is 5.32 Å². The number of aromatic hydroxyl groups is 1. The maximum atomic E-state index is 9.69. The highest BCUT2D eigenvalue weighted by Crippen LogP contribution is 2.27. The Kier molecular flexibility index (Phi) is 4.35. The third-order valence-corrected chi connectivity index (χ3v) is 2.41. The minimum atomic E-state index is -1.04. The predicted molar refractivity (Wildman–Crippen MR) is 58.0 cm³/mol. The van der Waals surface area contributed by atoms with Gasteiger partial charge in [0.25, 0.3) is 0 Å². The van der Waals surface area contributed by atoms with Gasteiger partial charge >= 0.3 is 0 Å². The van der Waals surface area contributed by atoms with Crippen LogP contribution in [0.25, 0.3) is 0 Å². The number of aliphatic hydroxyl groups excluding tert-OH is 2. The van der Waals surface area contributed by atoms with Crippen LogP contribution in [0.3, 0.4) is 0 Å². The predicted octanol–water partition coefficient (Wildman–Crippen LogP) is 0.659. The standard InChI is InChI=1S/C10H14ClNO3/c1-12-5-9(14)10(15)6-2-3-7(11)8(13)4-6/h2-4,9-10,12-15H,5H2,1H3. The quantitative estimate of drug-likeness (QED) is 0.614. The van der Waals surface area contributed by atoms with Crippen molar-refractivity contribution in [2.24, 2.45) is 0 Å². The monoisotopic (exact) mass is 231 g/mol. The minimum absolute atomic E-state index is 0.107. The Morgan fingerprint density at radius 2 is 2.07 bits per heavy atom. The molecule has 0 saturated heterocycles. The molecule has 4 nitrogen and oxygen atoms in total. The largest absolute Gasteiger partial charge is 0.506 e. The van der Waals surface area contributed by atoms with Gasteiger partial charge in [-0.3, -0.25) is 0 Å². The first-order valence-electron chi connectivity index (χ1n) is 4.55. The number of benzene rings is 1. The Labute approximate surface area is 93.1 Å². The van der Waals surface area contributed by atoms with E-state index in [9.17, 15) is 15.3 Å². The lowest BCUT2D eigenvalue weighted by atomic mass is 10.0. The second-order valence-electron chi connectivity index (χ2n) is 3.28. The first-order chi connectivity index (χ1) is 7.06. The van der Waals surface area contributed by atoms with E-state index in [2.05, 4.69) is 5.32 Å². The van der Waals surface area contributed by atoms with Crippen molar-refractivity contribution < 1.29 is 15.3 Å². The number of halogens is 1. The highest BCUT2D eigenvalue weighted by atomic mass is 35.5. The van der Waals surface area contributed by atoms with E-state index in [1.54, 1.807) is 13.1 Å². The molecule has 1 aromatic rings. The molecule has 0 spiro atoms. The summed E-state index contributed by atoms with van der Waals surface area (Å²) in [6, 6.07) is 4.37. The first-order valence-corrected chi connectivity index (χ1v) is 4.93. The Morgan fingerprint density at radius 1 is 1.40 bits per heavy atom. The zero-order chi connectivity index (χ0) is 11.4. The molecule has 15 heavy (non-hydrogen) atoms. The molecule has 5 heteroatoms. The molecule has 2 unspecified atom stereocenters. The maximum Gasteiger partial charge on any atom is 0.134 e. The Bertz CT molecular complexity index is 332. The van der Waals surface area contributed by atoms with Gasteiger partial charge in [0.15, 0.2) is 0 Å². The van der Waals surface area contributed by atoms with Crippen LogP contribution in [0.15, 0.2) is 18.2 Å². The molecule has 0 aliphatic carbocycles. The number of nitrogens with one attached hydrogen (secondary N) is 1. The van der Waals surface area contributed by atoms with E-state index in [1.165, 1.54) is 12.1 Å². The summed E-state index contributed by atoms with van der Waals surface area (Å²) in [7, 11) is 1.68. The van der Waals surface area contributed by atoms with Crippen LogP contribution in [-0.4, -0.2) is 35.0 Å². The van der Waals surface area contributed by atoms with Gasteiger partial charge < -0.3 is 20.6 Å². The lowest BCUT2D eigenvalue weighted by molar-refractivity contribution is 0.0201. The van der Waals surface area contributed by atoms with Crippen molar-refractivity contribution in [3.05, 3.63) is 28.8 Å². The number of rotatable bonds is 4. The normalized spacial score (nSPS) is 14.9. The number of likely N-dealkylation sites (N-methyl/N-ethyl adjacent to an activating group) is 1. The van der Waals surface area contributed by atoms with Crippen molar-refractivity contribution in [3.63, 3.8) is 0 Å². The molecule has 0 radical (unpaired) electrons. The van der Waals surface area contributed by atoms with Gasteiger partial charge in [-0.1, -0.05) is 17.7 Å². The van der Waals surface area contributed by atoms with E-state index in [-0.39, 0.29) is 17.3 Å². The van der Waals surface area contributed by atoms with E-state index in [0.29, 0.717) is 5.56 Å². The summed E-state index contributed by atoms with van der Waals surface area (Å²) >= 11 is 5.62. The number of phenolic OH excluding ortho intramolecular Hbond substituents is 1. The van der Waals surface area contributed by atoms with Crippen molar-refractivity contribution in [3.8, 4) is 5.75 Å². The van der Waals surface area contributed by atoms with Crippen LogP contribution in [-0.2, 0) is 0 Å². The summed E-state index contributed by atoms with van der Waals surface area (Å²) in [5, 5.41) is 31.5. The lowest BCUT2D eigenvalue weighted by Crippen LogP contribution is -2.29. The fourth-order valence-corrected chi connectivity index (χ4v) is 1.37.